The monoisotopic (exact) mass is 416 g/mol. The highest BCUT2D eigenvalue weighted by atomic mass is 32.2. The van der Waals surface area contributed by atoms with Gasteiger partial charge in [0.15, 0.2) is 0 Å². The van der Waals surface area contributed by atoms with Crippen molar-refractivity contribution in [1.29, 1.82) is 0 Å². The summed E-state index contributed by atoms with van der Waals surface area (Å²) in [5.41, 5.74) is 2.81. The van der Waals surface area contributed by atoms with Crippen LogP contribution in [0.3, 0.4) is 0 Å². The molecule has 0 aliphatic rings. The highest BCUT2D eigenvalue weighted by molar-refractivity contribution is 7.90. The number of halogens is 3. The maximum absolute atomic E-state index is 13.3. The van der Waals surface area contributed by atoms with Crippen molar-refractivity contribution in [3.05, 3.63) is 34.9 Å². The van der Waals surface area contributed by atoms with Crippen LogP contribution in [-0.4, -0.2) is 27.6 Å². The second-order valence-electron chi connectivity index (χ2n) is 8.21. The van der Waals surface area contributed by atoms with Gasteiger partial charge in [-0.05, 0) is 44.9 Å². The van der Waals surface area contributed by atoms with Gasteiger partial charge < -0.3 is 4.55 Å². The van der Waals surface area contributed by atoms with Gasteiger partial charge in [-0.25, -0.2) is 0 Å². The third-order valence-corrected chi connectivity index (χ3v) is 6.65. The predicted octanol–water partition coefficient (Wildman–Crippen LogP) is 4.27. The number of alkyl halides is 3. The number of hydrogen-bond donors (Lipinski definition) is 1. The zero-order chi connectivity index (χ0) is 20.6. The number of nitrogens with one attached hydrogen (secondary N) is 1. The first kappa shape index (κ1) is 23.3. The summed E-state index contributed by atoms with van der Waals surface area (Å²) in [6, 6.07) is 3.96. The van der Waals surface area contributed by atoms with E-state index in [1.165, 1.54) is 13.0 Å². The lowest BCUT2D eigenvalue weighted by Crippen LogP contribution is -2.52. The Morgan fingerprint density at radius 1 is 1.12 bits per heavy atom. The second-order valence-corrected chi connectivity index (χ2v) is 15.7. The fourth-order valence-electron chi connectivity index (χ4n) is 2.07. The van der Waals surface area contributed by atoms with Crippen molar-refractivity contribution in [3.63, 3.8) is 0 Å². The van der Waals surface area contributed by atoms with Crippen molar-refractivity contribution >= 4 is 29.7 Å². The first-order valence-corrected chi connectivity index (χ1v) is 13.3. The summed E-state index contributed by atoms with van der Waals surface area (Å²) in [5.74, 6) is 3.03. The molecule has 0 bridgehead atoms. The molecule has 8 heteroatoms. The normalized spacial score (nSPS) is 16.5. The summed E-state index contributed by atoms with van der Waals surface area (Å²) in [4.78, 5) is 0. The van der Waals surface area contributed by atoms with Crippen molar-refractivity contribution in [2.24, 2.45) is 0 Å². The molecular formula is C18H25F3NOSSi2. The summed E-state index contributed by atoms with van der Waals surface area (Å²) in [7, 11) is 1.72. The molecule has 1 rings (SSSR count). The van der Waals surface area contributed by atoms with Crippen LogP contribution in [0.15, 0.2) is 18.2 Å². The van der Waals surface area contributed by atoms with E-state index >= 15 is 0 Å². The molecule has 143 valence electrons. The van der Waals surface area contributed by atoms with E-state index in [-0.39, 0.29) is 5.56 Å². The van der Waals surface area contributed by atoms with Crippen LogP contribution in [0.25, 0.3) is 0 Å². The molecule has 0 amide bonds. The molecule has 1 aromatic rings. The maximum atomic E-state index is 13.3. The Bertz CT molecular complexity index is 714. The van der Waals surface area contributed by atoms with Gasteiger partial charge in [0.2, 0.25) is 0 Å². The molecule has 0 aliphatic carbocycles. The molecule has 0 heterocycles. The summed E-state index contributed by atoms with van der Waals surface area (Å²) in [6.07, 6.45) is -4.47. The van der Waals surface area contributed by atoms with Gasteiger partial charge in [-0.2, -0.15) is 13.2 Å². The predicted molar refractivity (Wildman–Crippen MR) is 106 cm³/mol. The first-order chi connectivity index (χ1) is 11.5. The van der Waals surface area contributed by atoms with Crippen molar-refractivity contribution in [1.82, 2.24) is 4.72 Å². The van der Waals surface area contributed by atoms with E-state index in [9.17, 15) is 17.7 Å². The van der Waals surface area contributed by atoms with E-state index in [1.807, 2.05) is 19.6 Å². The Morgan fingerprint density at radius 3 is 2.04 bits per heavy atom. The van der Waals surface area contributed by atoms with Crippen molar-refractivity contribution in [2.75, 3.05) is 0 Å². The van der Waals surface area contributed by atoms with Crippen molar-refractivity contribution in [3.8, 4) is 11.5 Å². The van der Waals surface area contributed by atoms with Gasteiger partial charge in [0.25, 0.3) is 0 Å². The molecule has 0 saturated heterocycles. The number of hydrogen-bond acceptors (Lipinski definition) is 2. The topological polar surface area (TPSA) is 35.1 Å². The van der Waals surface area contributed by atoms with Gasteiger partial charge in [-0.1, -0.05) is 37.7 Å². The third kappa shape index (κ3) is 6.17. The van der Waals surface area contributed by atoms with E-state index < -0.39 is 41.1 Å². The fourth-order valence-corrected chi connectivity index (χ4v) is 4.11. The summed E-state index contributed by atoms with van der Waals surface area (Å²) >= 11 is -1.54. The molecule has 1 unspecified atom stereocenters. The molecular weight excluding hydrogens is 391 g/mol. The molecule has 0 spiro atoms. The highest BCUT2D eigenvalue weighted by Gasteiger charge is 2.40. The molecule has 2 atom stereocenters. The molecule has 1 N–H and O–H groups in total. The summed E-state index contributed by atoms with van der Waals surface area (Å²) in [5, 5.41) is -1.34. The largest absolute Gasteiger partial charge is 0.598 e. The molecule has 2 nitrogen and oxygen atoms in total. The minimum absolute atomic E-state index is 0.0540. The summed E-state index contributed by atoms with van der Waals surface area (Å²) in [6.45, 7) is 12.9. The fraction of sp³-hybridized carbons (Fsp3) is 0.556. The molecule has 0 fully saturated rings. The Hall–Kier alpha value is -0.726. The number of benzene rings is 1. The average Bonchev–Trinajstić information content (AvgIpc) is 2.42. The lowest BCUT2D eigenvalue weighted by molar-refractivity contribution is -0.138. The number of rotatable bonds is 3. The van der Waals surface area contributed by atoms with Gasteiger partial charge in [0.05, 0.1) is 15.8 Å². The van der Waals surface area contributed by atoms with Gasteiger partial charge in [-0.3, -0.25) is 0 Å². The van der Waals surface area contributed by atoms with Crippen LogP contribution < -0.4 is 4.72 Å². The molecule has 1 aromatic carbocycles. The van der Waals surface area contributed by atoms with Gasteiger partial charge >= 0.3 is 6.18 Å². The SMILES string of the molecule is Cc1c(C(F)(F)F)cccc1[C@]([Si])(C#C[Si](C)(C)C)N[S+]([O-])C(C)(C)C. The Labute approximate surface area is 162 Å². The van der Waals surface area contributed by atoms with Crippen molar-refractivity contribution in [2.45, 2.75) is 63.4 Å². The van der Waals surface area contributed by atoms with E-state index in [2.05, 4.69) is 26.4 Å². The van der Waals surface area contributed by atoms with Crippen LogP contribution in [0, 0.1) is 18.4 Å². The molecule has 3 radical (unpaired) electrons. The van der Waals surface area contributed by atoms with Crippen LogP contribution in [0.4, 0.5) is 13.2 Å². The third-order valence-electron chi connectivity index (χ3n) is 3.47. The van der Waals surface area contributed by atoms with Crippen LogP contribution in [0.1, 0.15) is 37.5 Å². The van der Waals surface area contributed by atoms with Gasteiger partial charge in [0.1, 0.15) is 18.0 Å². The Balaban J connectivity index is 3.59. The standard InChI is InChI=1S/C18H25F3NOSSi2/c1-13-14(9-8-10-15(13)18(19,20)21)17(25,11-12-26(5,6)7)22-24(23)16(2,3)4/h8-10,22H,1-7H3/t17-,24?/m1/s1. The van der Waals surface area contributed by atoms with Crippen molar-refractivity contribution < 1.29 is 17.7 Å². The van der Waals surface area contributed by atoms with E-state index in [0.29, 0.717) is 5.56 Å². The van der Waals surface area contributed by atoms with E-state index in [0.717, 1.165) is 6.07 Å². The molecule has 0 aliphatic heterocycles. The molecule has 0 aromatic heterocycles. The average molecular weight is 417 g/mol. The van der Waals surface area contributed by atoms with Gasteiger partial charge in [-0.15, -0.1) is 10.3 Å². The Morgan fingerprint density at radius 2 is 1.62 bits per heavy atom. The quantitative estimate of drug-likeness (QED) is 0.454. The first-order valence-electron chi connectivity index (χ1n) is 8.14. The van der Waals surface area contributed by atoms with Crippen LogP contribution in [0.2, 0.25) is 19.6 Å². The maximum Gasteiger partial charge on any atom is 0.416 e. The van der Waals surface area contributed by atoms with Crippen LogP contribution in [-0.2, 0) is 22.7 Å². The lowest BCUT2D eigenvalue weighted by Gasteiger charge is -2.33. The minimum Gasteiger partial charge on any atom is -0.598 e. The Kier molecular flexibility index (Phi) is 6.92. The zero-order valence-electron chi connectivity index (χ0n) is 16.2. The van der Waals surface area contributed by atoms with Gasteiger partial charge in [0, 0.05) is 11.4 Å². The highest BCUT2D eigenvalue weighted by Crippen LogP contribution is 2.36. The summed E-state index contributed by atoms with van der Waals surface area (Å²) < 4.78 is 54.9. The van der Waals surface area contributed by atoms with Crippen LogP contribution in [0.5, 0.6) is 0 Å². The van der Waals surface area contributed by atoms with E-state index in [4.69, 9.17) is 0 Å². The molecule has 0 saturated carbocycles. The smallest absolute Gasteiger partial charge is 0.416 e. The van der Waals surface area contributed by atoms with Crippen LogP contribution >= 0.6 is 0 Å². The molecule has 26 heavy (non-hydrogen) atoms. The second kappa shape index (κ2) is 7.72. The zero-order valence-corrected chi connectivity index (χ0v) is 19.0. The lowest BCUT2D eigenvalue weighted by atomic mass is 9.96. The minimum atomic E-state index is -4.47. The van der Waals surface area contributed by atoms with E-state index in [1.54, 1.807) is 26.8 Å².